The number of hydrogen-bond donors (Lipinski definition) is 1. The molecule has 0 aromatic carbocycles. The second-order valence-corrected chi connectivity index (χ2v) is 4.75. The Morgan fingerprint density at radius 1 is 1.20 bits per heavy atom. The maximum atomic E-state index is 10.9. The predicted molar refractivity (Wildman–Crippen MR) is 43.3 cm³/mol. The van der Waals surface area contributed by atoms with Crippen LogP contribution < -0.4 is 0 Å². The Hall–Kier alpha value is -1.07. The van der Waals surface area contributed by atoms with Crippen molar-refractivity contribution in [3.05, 3.63) is 0 Å². The second-order valence-electron chi connectivity index (χ2n) is 2.44. The van der Waals surface area contributed by atoms with Crippen LogP contribution in [0.25, 0.3) is 0 Å². The minimum atomic E-state index is -1.50. The average molecular weight is 394 g/mol. The van der Waals surface area contributed by atoms with Gasteiger partial charge in [-0.25, -0.2) is 0 Å². The summed E-state index contributed by atoms with van der Waals surface area (Å²) in [4.78, 5) is 41.8. The van der Waals surface area contributed by atoms with E-state index >= 15 is 0 Å². The van der Waals surface area contributed by atoms with Crippen molar-refractivity contribution in [3.63, 3.8) is 0 Å². The molecule has 0 aliphatic rings. The normalized spacial score (nSPS) is 9.60. The number of aldehydes is 1. The van der Waals surface area contributed by atoms with Gasteiger partial charge in [0.1, 0.15) is 0 Å². The Kier molecular flexibility index (Phi) is 7.67. The zero-order valence-corrected chi connectivity index (χ0v) is 10.1. The number of hydrogen-bond acceptors (Lipinski definition) is 5. The van der Waals surface area contributed by atoms with Crippen molar-refractivity contribution in [1.29, 1.82) is 0 Å². The zero-order chi connectivity index (χ0) is 11.7. The third-order valence-corrected chi connectivity index (χ3v) is 3.11. The van der Waals surface area contributed by atoms with Crippen LogP contribution in [0.2, 0.25) is 0 Å². The summed E-state index contributed by atoms with van der Waals surface area (Å²) in [5.74, 6) is -1.75. The third kappa shape index (κ3) is 9.24. The van der Waals surface area contributed by atoms with E-state index in [1.807, 2.05) is 0 Å². The Morgan fingerprint density at radius 3 is 2.40 bits per heavy atom. The SMILES string of the molecule is O=CCC[C](=O)[Ir][O]C(=O)CCC(=O)O. The van der Waals surface area contributed by atoms with Crippen LogP contribution in [0.4, 0.5) is 0 Å². The van der Waals surface area contributed by atoms with E-state index in [1.54, 1.807) is 0 Å². The molecule has 0 unspecified atom stereocenters. The molecule has 0 radical (unpaired) electrons. The van der Waals surface area contributed by atoms with Gasteiger partial charge in [-0.1, -0.05) is 0 Å². The summed E-state index contributed by atoms with van der Waals surface area (Å²) >= 11 is -1.50. The van der Waals surface area contributed by atoms with Gasteiger partial charge in [0.25, 0.3) is 0 Å². The summed E-state index contributed by atoms with van der Waals surface area (Å²) in [5.41, 5.74) is 0. The van der Waals surface area contributed by atoms with Crippen LogP contribution in [-0.2, 0) is 40.7 Å². The van der Waals surface area contributed by atoms with Crippen LogP contribution in [0.5, 0.6) is 0 Å². The van der Waals surface area contributed by atoms with Gasteiger partial charge in [0.2, 0.25) is 0 Å². The fourth-order valence-corrected chi connectivity index (χ4v) is 1.90. The molecule has 0 aliphatic heterocycles. The van der Waals surface area contributed by atoms with Gasteiger partial charge in [-0.3, -0.25) is 0 Å². The van der Waals surface area contributed by atoms with E-state index in [0.717, 1.165) is 0 Å². The molecule has 87 valence electrons. The molecule has 0 amide bonds. The van der Waals surface area contributed by atoms with Gasteiger partial charge >= 0.3 is 94.0 Å². The summed E-state index contributed by atoms with van der Waals surface area (Å²) in [5, 5.41) is 8.25. The molecular formula is C8H10IrO6. The summed E-state index contributed by atoms with van der Waals surface area (Å²) < 4.78 is 4.38. The number of carbonyl (C=O) groups is 4. The second kappa shape index (κ2) is 8.26. The van der Waals surface area contributed by atoms with Crippen LogP contribution in [0.1, 0.15) is 25.7 Å². The standard InChI is InChI=1S/C4H6O4.C4H5O2.Ir/c5-3(6)1-2-4(7)8;5-3-1-2-4-6;/h1-2H2,(H,5,6)(H,7,8);3H,1-2H2;/q;;+1/p-1. The third-order valence-electron chi connectivity index (χ3n) is 1.18. The molecule has 7 heteroatoms. The fraction of sp³-hybridized carbons (Fsp3) is 0.500. The van der Waals surface area contributed by atoms with Crippen LogP contribution in [0.3, 0.4) is 0 Å². The van der Waals surface area contributed by atoms with E-state index in [0.29, 0.717) is 6.29 Å². The summed E-state index contributed by atoms with van der Waals surface area (Å²) in [6, 6.07) is 0. The zero-order valence-electron chi connectivity index (χ0n) is 7.73. The Labute approximate surface area is 94.4 Å². The van der Waals surface area contributed by atoms with Gasteiger partial charge < -0.3 is 0 Å². The molecule has 0 aromatic heterocycles. The maximum absolute atomic E-state index is 10.9. The van der Waals surface area contributed by atoms with Gasteiger partial charge in [0, 0.05) is 0 Å². The molecule has 0 fully saturated rings. The predicted octanol–water partition coefficient (Wildman–Crippen LogP) is -0.102. The number of aliphatic carboxylic acids is 1. The molecule has 6 nitrogen and oxygen atoms in total. The van der Waals surface area contributed by atoms with Crippen molar-refractivity contribution in [1.82, 2.24) is 0 Å². The molecule has 0 bridgehead atoms. The van der Waals surface area contributed by atoms with E-state index in [1.165, 1.54) is 0 Å². The van der Waals surface area contributed by atoms with Crippen molar-refractivity contribution in [2.45, 2.75) is 25.7 Å². The van der Waals surface area contributed by atoms with Gasteiger partial charge in [0.05, 0.1) is 0 Å². The van der Waals surface area contributed by atoms with E-state index < -0.39 is 30.0 Å². The van der Waals surface area contributed by atoms with Crippen molar-refractivity contribution < 1.29 is 45.8 Å². The quantitative estimate of drug-likeness (QED) is 0.578. The van der Waals surface area contributed by atoms with Crippen molar-refractivity contribution in [3.8, 4) is 0 Å². The van der Waals surface area contributed by atoms with Crippen molar-refractivity contribution in [2.24, 2.45) is 0 Å². The number of carboxylic acids is 1. The first-order chi connectivity index (χ1) is 7.06. The number of carbonyl (C=O) groups excluding carboxylic acids is 3. The van der Waals surface area contributed by atoms with Crippen LogP contribution in [0.15, 0.2) is 0 Å². The Bertz CT molecular complexity index is 262. The number of carboxylic acid groups (broad SMARTS) is 1. The molecule has 1 N–H and O–H groups in total. The topological polar surface area (TPSA) is 97.7 Å². The number of rotatable bonds is 8. The van der Waals surface area contributed by atoms with Crippen LogP contribution >= 0.6 is 0 Å². The van der Waals surface area contributed by atoms with Crippen molar-refractivity contribution >= 4 is 22.5 Å². The van der Waals surface area contributed by atoms with E-state index in [4.69, 9.17) is 5.11 Å². The molecule has 0 rings (SSSR count). The van der Waals surface area contributed by atoms with E-state index in [2.05, 4.69) is 3.50 Å². The molecule has 15 heavy (non-hydrogen) atoms. The minimum absolute atomic E-state index is 0.0930. The van der Waals surface area contributed by atoms with E-state index in [9.17, 15) is 19.2 Å². The molecule has 0 saturated heterocycles. The monoisotopic (exact) mass is 395 g/mol. The van der Waals surface area contributed by atoms with Gasteiger partial charge in [-0.2, -0.15) is 0 Å². The summed E-state index contributed by atoms with van der Waals surface area (Å²) in [6.07, 6.45) is 0.328. The molecule has 0 atom stereocenters. The molecule has 0 aromatic rings. The van der Waals surface area contributed by atoms with Gasteiger partial charge in [0.15, 0.2) is 0 Å². The Balaban J connectivity index is 3.57. The van der Waals surface area contributed by atoms with E-state index in [-0.39, 0.29) is 30.0 Å². The molecule has 0 heterocycles. The first-order valence-electron chi connectivity index (χ1n) is 4.05. The Morgan fingerprint density at radius 2 is 1.87 bits per heavy atom. The first kappa shape index (κ1) is 13.9. The first-order valence-corrected chi connectivity index (χ1v) is 6.22. The van der Waals surface area contributed by atoms with Crippen molar-refractivity contribution in [2.75, 3.05) is 0 Å². The molecule has 0 spiro atoms. The van der Waals surface area contributed by atoms with Crippen LogP contribution in [-0.4, -0.2) is 27.6 Å². The fourth-order valence-electron chi connectivity index (χ4n) is 0.519. The van der Waals surface area contributed by atoms with Crippen LogP contribution in [0, 0.1) is 0 Å². The molecular weight excluding hydrogens is 384 g/mol. The summed E-state index contributed by atoms with van der Waals surface area (Å²) in [7, 11) is 0. The van der Waals surface area contributed by atoms with Gasteiger partial charge in [-0.15, -0.1) is 0 Å². The summed E-state index contributed by atoms with van der Waals surface area (Å²) in [6.45, 7) is 0. The molecule has 0 aliphatic carbocycles. The molecule has 0 saturated carbocycles. The van der Waals surface area contributed by atoms with Gasteiger partial charge in [-0.05, 0) is 0 Å². The average Bonchev–Trinajstić information content (AvgIpc) is 2.20.